The van der Waals surface area contributed by atoms with Crippen LogP contribution >= 0.6 is 0 Å². The van der Waals surface area contributed by atoms with Crippen molar-refractivity contribution in [3.8, 4) is 0 Å². The van der Waals surface area contributed by atoms with Crippen molar-refractivity contribution < 1.29 is 24.2 Å². The van der Waals surface area contributed by atoms with Crippen LogP contribution in [0.2, 0.25) is 0 Å². The van der Waals surface area contributed by atoms with Crippen LogP contribution in [0, 0.1) is 11.8 Å². The smallest absolute Gasteiger partial charge is 0.307 e. The van der Waals surface area contributed by atoms with E-state index in [-0.39, 0.29) is 25.0 Å². The average molecular weight is 363 g/mol. The van der Waals surface area contributed by atoms with Crippen molar-refractivity contribution in [1.29, 1.82) is 0 Å². The molecule has 0 saturated carbocycles. The van der Waals surface area contributed by atoms with Gasteiger partial charge in [0.2, 0.25) is 5.91 Å². The molecule has 0 aromatic heterocycles. The maximum atomic E-state index is 13.1. The van der Waals surface area contributed by atoms with Gasteiger partial charge in [-0.15, -0.1) is 0 Å². The summed E-state index contributed by atoms with van der Waals surface area (Å²) in [5, 5.41) is 9.41. The summed E-state index contributed by atoms with van der Waals surface area (Å²) in [5.41, 5.74) is 1.57. The van der Waals surface area contributed by atoms with Crippen LogP contribution in [-0.4, -0.2) is 47.0 Å². The molecule has 1 saturated heterocycles. The van der Waals surface area contributed by atoms with Gasteiger partial charge in [0.25, 0.3) is 0 Å². The van der Waals surface area contributed by atoms with E-state index in [1.807, 2.05) is 13.0 Å². The third-order valence-electron chi connectivity index (χ3n) is 5.26. The largest absolute Gasteiger partial charge is 0.481 e. The van der Waals surface area contributed by atoms with Gasteiger partial charge < -0.3 is 14.7 Å². The minimum atomic E-state index is -0.969. The van der Waals surface area contributed by atoms with Crippen molar-refractivity contribution in [3.05, 3.63) is 23.3 Å². The number of carboxylic acids is 1. The van der Waals surface area contributed by atoms with Crippen LogP contribution in [0.1, 0.15) is 52.9 Å². The van der Waals surface area contributed by atoms with Gasteiger partial charge in [0, 0.05) is 12.0 Å². The Kier molecular flexibility index (Phi) is 7.14. The van der Waals surface area contributed by atoms with Crippen LogP contribution in [0.4, 0.5) is 0 Å². The number of carboxylic acid groups (broad SMARTS) is 1. The Morgan fingerprint density at radius 1 is 1.35 bits per heavy atom. The molecular weight excluding hydrogens is 334 g/mol. The maximum Gasteiger partial charge on any atom is 0.307 e. The summed E-state index contributed by atoms with van der Waals surface area (Å²) in [6.45, 7) is 5.93. The maximum absolute atomic E-state index is 13.1. The van der Waals surface area contributed by atoms with Crippen molar-refractivity contribution >= 4 is 17.7 Å². The molecule has 1 heterocycles. The molecule has 0 bridgehead atoms. The minimum absolute atomic E-state index is 0.00659. The first-order chi connectivity index (χ1) is 12.4. The zero-order chi connectivity index (χ0) is 19.3. The summed E-state index contributed by atoms with van der Waals surface area (Å²) >= 11 is 0. The zero-order valence-corrected chi connectivity index (χ0v) is 15.9. The molecule has 2 rings (SSSR count). The van der Waals surface area contributed by atoms with Crippen molar-refractivity contribution in [2.75, 3.05) is 13.3 Å². The Morgan fingerprint density at radius 2 is 2.08 bits per heavy atom. The SMILES string of the molecule is CCCCC[C@@H](C(=O)N1COC[C@@H]1C1=CC=C(C)CC1=O)C(C)C(=O)O. The monoisotopic (exact) mass is 363 g/mol. The molecule has 1 fully saturated rings. The molecule has 0 spiro atoms. The van der Waals surface area contributed by atoms with Gasteiger partial charge in [-0.05, 0) is 13.3 Å². The summed E-state index contributed by atoms with van der Waals surface area (Å²) in [5.74, 6) is -2.55. The number of hydrogen-bond donors (Lipinski definition) is 1. The number of rotatable bonds is 8. The van der Waals surface area contributed by atoms with Crippen LogP contribution in [0.3, 0.4) is 0 Å². The first kappa shape index (κ1) is 20.4. The van der Waals surface area contributed by atoms with Crippen molar-refractivity contribution in [2.24, 2.45) is 11.8 Å². The fourth-order valence-corrected chi connectivity index (χ4v) is 3.54. The number of ketones is 1. The second-order valence-corrected chi connectivity index (χ2v) is 7.29. The number of ether oxygens (including phenoxy) is 1. The minimum Gasteiger partial charge on any atom is -0.481 e. The van der Waals surface area contributed by atoms with Gasteiger partial charge in [-0.25, -0.2) is 0 Å². The lowest BCUT2D eigenvalue weighted by atomic mass is 9.86. The molecule has 6 nitrogen and oxygen atoms in total. The Morgan fingerprint density at radius 3 is 2.69 bits per heavy atom. The Labute approximate surface area is 154 Å². The van der Waals surface area contributed by atoms with Gasteiger partial charge >= 0.3 is 5.97 Å². The quantitative estimate of drug-likeness (QED) is 0.670. The standard InChI is InChI=1S/C20H29NO5/c1-4-5-6-7-15(14(3)20(24)25)19(23)21-12-26-11-17(21)16-9-8-13(2)10-18(16)22/h8-9,14-15,17H,4-7,10-12H2,1-3H3,(H,24,25)/t14?,15-,17-/m1/s1. The summed E-state index contributed by atoms with van der Waals surface area (Å²) in [6.07, 6.45) is 7.34. The Bertz CT molecular complexity index is 622. The lowest BCUT2D eigenvalue weighted by Gasteiger charge is -2.30. The first-order valence-corrected chi connectivity index (χ1v) is 9.38. The van der Waals surface area contributed by atoms with Gasteiger partial charge in [-0.2, -0.15) is 0 Å². The predicted octanol–water partition coefficient (Wildman–Crippen LogP) is 2.93. The highest BCUT2D eigenvalue weighted by Gasteiger charge is 2.40. The number of aliphatic carboxylic acids is 1. The number of unbranched alkanes of at least 4 members (excludes halogenated alkanes) is 2. The van der Waals surface area contributed by atoms with E-state index < -0.39 is 23.8 Å². The summed E-state index contributed by atoms with van der Waals surface area (Å²) in [6, 6.07) is -0.422. The third kappa shape index (κ3) is 4.61. The number of allylic oxidation sites excluding steroid dienone is 3. The highest BCUT2D eigenvalue weighted by Crippen LogP contribution is 2.29. The Hall–Kier alpha value is -1.95. The molecule has 6 heteroatoms. The molecule has 0 aromatic rings. The van der Waals surface area contributed by atoms with Crippen molar-refractivity contribution in [3.63, 3.8) is 0 Å². The van der Waals surface area contributed by atoms with E-state index in [1.54, 1.807) is 17.9 Å². The number of carbonyl (C=O) groups excluding carboxylic acids is 2. The second kappa shape index (κ2) is 9.12. The third-order valence-corrected chi connectivity index (χ3v) is 5.26. The van der Waals surface area contributed by atoms with Crippen LogP contribution in [0.5, 0.6) is 0 Å². The molecule has 1 aliphatic heterocycles. The normalized spacial score (nSPS) is 22.7. The number of carbonyl (C=O) groups is 3. The van der Waals surface area contributed by atoms with Gasteiger partial charge in [0.15, 0.2) is 5.78 Å². The highest BCUT2D eigenvalue weighted by atomic mass is 16.5. The van der Waals surface area contributed by atoms with E-state index in [1.165, 1.54) is 0 Å². The Balaban J connectivity index is 2.20. The van der Waals surface area contributed by atoms with Gasteiger partial charge in [-0.3, -0.25) is 14.4 Å². The lowest BCUT2D eigenvalue weighted by Crippen LogP contribution is -2.45. The molecule has 1 N–H and O–H groups in total. The van der Waals surface area contributed by atoms with Crippen LogP contribution in [0.25, 0.3) is 0 Å². The summed E-state index contributed by atoms with van der Waals surface area (Å²) in [7, 11) is 0. The molecule has 0 radical (unpaired) electrons. The van der Waals surface area contributed by atoms with E-state index in [2.05, 4.69) is 6.92 Å². The number of Topliss-reactive ketones (excluding diaryl/α,β-unsaturated/α-hetero) is 1. The topological polar surface area (TPSA) is 83.9 Å². The van der Waals surface area contributed by atoms with E-state index in [4.69, 9.17) is 4.74 Å². The van der Waals surface area contributed by atoms with Crippen LogP contribution < -0.4 is 0 Å². The molecule has 3 atom stereocenters. The van der Waals surface area contributed by atoms with Gasteiger partial charge in [-0.1, -0.05) is 50.8 Å². The van der Waals surface area contributed by atoms with Crippen LogP contribution in [0.15, 0.2) is 23.3 Å². The van der Waals surface area contributed by atoms with E-state index >= 15 is 0 Å². The average Bonchev–Trinajstić information content (AvgIpc) is 3.07. The fraction of sp³-hybridized carbons (Fsp3) is 0.650. The van der Waals surface area contributed by atoms with Gasteiger partial charge in [0.1, 0.15) is 6.73 Å². The van der Waals surface area contributed by atoms with Crippen LogP contribution in [-0.2, 0) is 19.1 Å². The first-order valence-electron chi connectivity index (χ1n) is 9.38. The molecule has 0 aromatic carbocycles. The number of nitrogens with zero attached hydrogens (tertiary/aromatic N) is 1. The van der Waals surface area contributed by atoms with Gasteiger partial charge in [0.05, 0.1) is 24.5 Å². The highest BCUT2D eigenvalue weighted by molar-refractivity contribution is 6.00. The fourth-order valence-electron chi connectivity index (χ4n) is 3.54. The molecular formula is C20H29NO5. The summed E-state index contributed by atoms with van der Waals surface area (Å²) < 4.78 is 5.48. The molecule has 1 amide bonds. The van der Waals surface area contributed by atoms with E-state index in [9.17, 15) is 19.5 Å². The number of amides is 1. The molecule has 1 unspecified atom stereocenters. The molecule has 1 aliphatic carbocycles. The molecule has 2 aliphatic rings. The lowest BCUT2D eigenvalue weighted by molar-refractivity contribution is -0.150. The van der Waals surface area contributed by atoms with E-state index in [0.29, 0.717) is 18.4 Å². The second-order valence-electron chi connectivity index (χ2n) is 7.29. The zero-order valence-electron chi connectivity index (χ0n) is 15.9. The van der Waals surface area contributed by atoms with Crippen molar-refractivity contribution in [2.45, 2.75) is 58.9 Å². The number of hydrogen-bond acceptors (Lipinski definition) is 4. The van der Waals surface area contributed by atoms with E-state index in [0.717, 1.165) is 24.8 Å². The van der Waals surface area contributed by atoms with Crippen molar-refractivity contribution in [1.82, 2.24) is 4.90 Å². The summed E-state index contributed by atoms with van der Waals surface area (Å²) in [4.78, 5) is 38.6. The molecule has 26 heavy (non-hydrogen) atoms. The molecule has 144 valence electrons. The predicted molar refractivity (Wildman–Crippen MR) is 97.3 cm³/mol.